The molecule has 0 N–H and O–H groups in total. The first-order valence-corrected chi connectivity index (χ1v) is 7.82. The molecule has 0 radical (unpaired) electrons. The van der Waals surface area contributed by atoms with Gasteiger partial charge in [-0.15, -0.1) is 11.8 Å². The van der Waals surface area contributed by atoms with Crippen LogP contribution in [0.4, 0.5) is 4.39 Å². The van der Waals surface area contributed by atoms with Gasteiger partial charge >= 0.3 is 0 Å². The van der Waals surface area contributed by atoms with Crippen molar-refractivity contribution in [1.82, 2.24) is 4.90 Å². The topological polar surface area (TPSA) is 29.5 Å². The van der Waals surface area contributed by atoms with Gasteiger partial charge in [0.1, 0.15) is 11.6 Å². The molecular weight excluding hydrogens is 301 g/mol. The Hall–Kier alpha value is -2.01. The fourth-order valence-electron chi connectivity index (χ4n) is 1.90. The molecule has 5 heteroatoms. The molecule has 2 rings (SSSR count). The maximum absolute atomic E-state index is 12.9. The number of benzene rings is 2. The summed E-state index contributed by atoms with van der Waals surface area (Å²) in [6, 6.07) is 13.8. The number of nitrogens with zero attached hydrogens (tertiary/aromatic N) is 1. The molecule has 116 valence electrons. The standard InChI is InChI=1S/C17H18FNO2S/c1-19(11-13-6-8-14(18)9-7-13)17(20)12-22-16-5-3-4-15(10-16)21-2/h3-10H,11-12H2,1-2H3. The average molecular weight is 319 g/mol. The molecule has 3 nitrogen and oxygen atoms in total. The van der Waals surface area contributed by atoms with Crippen LogP contribution in [-0.4, -0.2) is 30.7 Å². The predicted octanol–water partition coefficient (Wildman–Crippen LogP) is 3.59. The highest BCUT2D eigenvalue weighted by molar-refractivity contribution is 8.00. The van der Waals surface area contributed by atoms with Crippen LogP contribution >= 0.6 is 11.8 Å². The number of thioether (sulfide) groups is 1. The smallest absolute Gasteiger partial charge is 0.232 e. The van der Waals surface area contributed by atoms with Gasteiger partial charge in [0.05, 0.1) is 12.9 Å². The van der Waals surface area contributed by atoms with Crippen molar-refractivity contribution in [2.45, 2.75) is 11.4 Å². The quantitative estimate of drug-likeness (QED) is 0.762. The number of carbonyl (C=O) groups excluding carboxylic acids is 1. The van der Waals surface area contributed by atoms with E-state index in [9.17, 15) is 9.18 Å². The number of halogens is 1. The first kappa shape index (κ1) is 16.4. The van der Waals surface area contributed by atoms with E-state index in [4.69, 9.17) is 4.74 Å². The molecule has 0 aliphatic carbocycles. The molecule has 0 aliphatic heterocycles. The minimum atomic E-state index is -0.272. The zero-order valence-corrected chi connectivity index (χ0v) is 13.4. The number of amides is 1. The fraction of sp³-hybridized carbons (Fsp3) is 0.235. The summed E-state index contributed by atoms with van der Waals surface area (Å²) >= 11 is 1.47. The van der Waals surface area contributed by atoms with Crippen LogP contribution in [0.25, 0.3) is 0 Å². The van der Waals surface area contributed by atoms with Crippen molar-refractivity contribution in [3.63, 3.8) is 0 Å². The highest BCUT2D eigenvalue weighted by Crippen LogP contribution is 2.23. The second kappa shape index (κ2) is 7.84. The van der Waals surface area contributed by atoms with Gasteiger partial charge in [-0.05, 0) is 35.9 Å². The molecule has 2 aromatic rings. The van der Waals surface area contributed by atoms with Crippen LogP contribution in [0, 0.1) is 5.82 Å². The molecule has 0 aliphatic rings. The lowest BCUT2D eigenvalue weighted by Crippen LogP contribution is -2.27. The van der Waals surface area contributed by atoms with Crippen molar-refractivity contribution in [1.29, 1.82) is 0 Å². The minimum absolute atomic E-state index is 0.0251. The molecule has 0 spiro atoms. The molecule has 0 saturated heterocycles. The third-order valence-electron chi connectivity index (χ3n) is 3.16. The fourth-order valence-corrected chi connectivity index (χ4v) is 2.78. The van der Waals surface area contributed by atoms with E-state index < -0.39 is 0 Å². The van der Waals surface area contributed by atoms with Crippen LogP contribution in [0.5, 0.6) is 5.75 Å². The molecule has 2 aromatic carbocycles. The minimum Gasteiger partial charge on any atom is -0.497 e. The molecule has 0 saturated carbocycles. The maximum Gasteiger partial charge on any atom is 0.232 e. The Labute approximate surface area is 134 Å². The largest absolute Gasteiger partial charge is 0.497 e. The maximum atomic E-state index is 12.9. The van der Waals surface area contributed by atoms with Gasteiger partial charge in [0, 0.05) is 18.5 Å². The Morgan fingerprint density at radius 3 is 2.64 bits per heavy atom. The van der Waals surface area contributed by atoms with Crippen LogP contribution < -0.4 is 4.74 Å². The summed E-state index contributed by atoms with van der Waals surface area (Å²) in [5.74, 6) is 0.880. The SMILES string of the molecule is COc1cccc(SCC(=O)N(C)Cc2ccc(F)cc2)c1. The van der Waals surface area contributed by atoms with Gasteiger partial charge in [0.2, 0.25) is 5.91 Å². The number of methoxy groups -OCH3 is 1. The molecular formula is C17H18FNO2S. The van der Waals surface area contributed by atoms with Crippen molar-refractivity contribution in [3.05, 3.63) is 59.9 Å². The number of hydrogen-bond donors (Lipinski definition) is 0. The first-order chi connectivity index (χ1) is 10.6. The molecule has 0 heterocycles. The lowest BCUT2D eigenvalue weighted by Gasteiger charge is -2.17. The Kier molecular flexibility index (Phi) is 5.83. The summed E-state index contributed by atoms with van der Waals surface area (Å²) in [4.78, 5) is 14.8. The van der Waals surface area contributed by atoms with Crippen molar-refractivity contribution in [2.75, 3.05) is 19.9 Å². The Balaban J connectivity index is 1.86. The molecule has 0 bridgehead atoms. The van der Waals surface area contributed by atoms with Crippen LogP contribution in [0.3, 0.4) is 0 Å². The van der Waals surface area contributed by atoms with Crippen LogP contribution in [0.2, 0.25) is 0 Å². The van der Waals surface area contributed by atoms with Crippen molar-refractivity contribution < 1.29 is 13.9 Å². The van der Waals surface area contributed by atoms with Gasteiger partial charge in [0.15, 0.2) is 0 Å². The van der Waals surface area contributed by atoms with Gasteiger partial charge in [-0.1, -0.05) is 18.2 Å². The van der Waals surface area contributed by atoms with Gasteiger partial charge in [-0.3, -0.25) is 4.79 Å². The van der Waals surface area contributed by atoms with E-state index >= 15 is 0 Å². The van der Waals surface area contributed by atoms with Gasteiger partial charge in [-0.2, -0.15) is 0 Å². The Bertz CT molecular complexity index is 631. The van der Waals surface area contributed by atoms with Crippen molar-refractivity contribution in [2.24, 2.45) is 0 Å². The molecule has 0 fully saturated rings. The average Bonchev–Trinajstić information content (AvgIpc) is 2.54. The van der Waals surface area contributed by atoms with Gasteiger partial charge in [0.25, 0.3) is 0 Å². The van der Waals surface area contributed by atoms with E-state index in [-0.39, 0.29) is 11.7 Å². The first-order valence-electron chi connectivity index (χ1n) is 6.84. The van der Waals surface area contributed by atoms with Gasteiger partial charge in [-0.25, -0.2) is 4.39 Å². The van der Waals surface area contributed by atoms with E-state index in [2.05, 4.69) is 0 Å². The van der Waals surface area contributed by atoms with Crippen LogP contribution in [-0.2, 0) is 11.3 Å². The lowest BCUT2D eigenvalue weighted by atomic mass is 10.2. The lowest BCUT2D eigenvalue weighted by molar-refractivity contribution is -0.127. The summed E-state index contributed by atoms with van der Waals surface area (Å²) in [6.45, 7) is 0.470. The number of carbonyl (C=O) groups is 1. The van der Waals surface area contributed by atoms with Crippen LogP contribution in [0.1, 0.15) is 5.56 Å². The molecule has 1 amide bonds. The van der Waals surface area contributed by atoms with E-state index in [1.807, 2.05) is 24.3 Å². The highest BCUT2D eigenvalue weighted by Gasteiger charge is 2.10. The molecule has 22 heavy (non-hydrogen) atoms. The number of ether oxygens (including phenoxy) is 1. The summed E-state index contributed by atoms with van der Waals surface area (Å²) < 4.78 is 18.0. The third kappa shape index (κ3) is 4.77. The van der Waals surface area contributed by atoms with E-state index in [0.29, 0.717) is 12.3 Å². The van der Waals surface area contributed by atoms with E-state index in [1.165, 1.54) is 23.9 Å². The Morgan fingerprint density at radius 2 is 1.95 bits per heavy atom. The number of hydrogen-bond acceptors (Lipinski definition) is 3. The number of rotatable bonds is 6. The van der Waals surface area contributed by atoms with E-state index in [0.717, 1.165) is 16.2 Å². The van der Waals surface area contributed by atoms with E-state index in [1.54, 1.807) is 31.2 Å². The van der Waals surface area contributed by atoms with Crippen LogP contribution in [0.15, 0.2) is 53.4 Å². The van der Waals surface area contributed by atoms with Gasteiger partial charge < -0.3 is 9.64 Å². The second-order valence-corrected chi connectivity index (χ2v) is 5.89. The summed E-state index contributed by atoms with van der Waals surface area (Å²) in [7, 11) is 3.36. The second-order valence-electron chi connectivity index (χ2n) is 4.84. The summed E-state index contributed by atoms with van der Waals surface area (Å²) in [6.07, 6.45) is 0. The third-order valence-corrected chi connectivity index (χ3v) is 4.14. The zero-order valence-electron chi connectivity index (χ0n) is 12.6. The predicted molar refractivity (Wildman–Crippen MR) is 86.6 cm³/mol. The molecule has 0 aromatic heterocycles. The zero-order chi connectivity index (χ0) is 15.9. The summed E-state index contributed by atoms with van der Waals surface area (Å²) in [5.41, 5.74) is 0.906. The Morgan fingerprint density at radius 1 is 1.23 bits per heavy atom. The monoisotopic (exact) mass is 319 g/mol. The summed E-state index contributed by atoms with van der Waals surface area (Å²) in [5, 5.41) is 0. The normalized spacial score (nSPS) is 10.3. The molecule has 0 unspecified atom stereocenters. The van der Waals surface area contributed by atoms with Crippen molar-refractivity contribution >= 4 is 17.7 Å². The van der Waals surface area contributed by atoms with Crippen molar-refractivity contribution in [3.8, 4) is 5.75 Å². The molecule has 0 atom stereocenters. The highest BCUT2D eigenvalue weighted by atomic mass is 32.2.